The Morgan fingerprint density at radius 2 is 2.09 bits per heavy atom. The highest BCUT2D eigenvalue weighted by Crippen LogP contribution is 2.35. The third-order valence-corrected chi connectivity index (χ3v) is 4.84. The lowest BCUT2D eigenvalue weighted by Crippen LogP contribution is -2.27. The van der Waals surface area contributed by atoms with Crippen LogP contribution in [0.2, 0.25) is 0 Å². The fourth-order valence-electron chi connectivity index (χ4n) is 2.33. The average molecular weight is 345 g/mol. The summed E-state index contributed by atoms with van der Waals surface area (Å²) < 4.78 is 11.8. The van der Waals surface area contributed by atoms with E-state index >= 15 is 0 Å². The van der Waals surface area contributed by atoms with Crippen LogP contribution < -0.4 is 4.74 Å². The molecule has 118 valence electrons. The van der Waals surface area contributed by atoms with Crippen LogP contribution >= 0.6 is 24.0 Å². The van der Waals surface area contributed by atoms with Gasteiger partial charge in [-0.3, -0.25) is 9.69 Å². The fraction of sp³-hybridized carbons (Fsp3) is 0.176. The van der Waals surface area contributed by atoms with Crippen molar-refractivity contribution < 1.29 is 13.9 Å². The van der Waals surface area contributed by atoms with E-state index in [1.54, 1.807) is 18.1 Å². The van der Waals surface area contributed by atoms with Gasteiger partial charge in [0.15, 0.2) is 0 Å². The van der Waals surface area contributed by atoms with Crippen molar-refractivity contribution in [3.63, 3.8) is 0 Å². The fourth-order valence-corrected chi connectivity index (χ4v) is 3.69. The molecule has 1 fully saturated rings. The Morgan fingerprint density at radius 1 is 1.30 bits per heavy atom. The van der Waals surface area contributed by atoms with Crippen LogP contribution in [0.15, 0.2) is 45.7 Å². The molecule has 1 amide bonds. The first-order chi connectivity index (χ1) is 11.1. The van der Waals surface area contributed by atoms with Gasteiger partial charge < -0.3 is 9.15 Å². The number of carbonyl (C=O) groups is 1. The van der Waals surface area contributed by atoms with Crippen LogP contribution in [0.4, 0.5) is 0 Å². The molecular formula is C17H15NO3S2. The topological polar surface area (TPSA) is 42.7 Å². The van der Waals surface area contributed by atoms with Gasteiger partial charge in [-0.2, -0.15) is 0 Å². The molecule has 0 saturated carbocycles. The molecule has 0 atom stereocenters. The quantitative estimate of drug-likeness (QED) is 0.614. The summed E-state index contributed by atoms with van der Waals surface area (Å²) in [7, 11) is 1.62. The predicted molar refractivity (Wildman–Crippen MR) is 96.2 cm³/mol. The number of nitrogens with zero attached hydrogens (tertiary/aromatic N) is 1. The zero-order chi connectivity index (χ0) is 16.4. The summed E-state index contributed by atoms with van der Waals surface area (Å²) in [5, 5.41) is 0. The van der Waals surface area contributed by atoms with E-state index in [-0.39, 0.29) is 5.91 Å². The van der Waals surface area contributed by atoms with E-state index in [0.717, 1.165) is 11.3 Å². The summed E-state index contributed by atoms with van der Waals surface area (Å²) in [4.78, 5) is 14.4. The normalized spacial score (nSPS) is 16.4. The minimum absolute atomic E-state index is 0.0715. The molecule has 0 spiro atoms. The monoisotopic (exact) mass is 345 g/mol. The molecule has 0 N–H and O–H groups in total. The van der Waals surface area contributed by atoms with Crippen molar-refractivity contribution in [1.29, 1.82) is 0 Å². The number of hydrogen-bond acceptors (Lipinski definition) is 5. The Morgan fingerprint density at radius 3 is 2.78 bits per heavy atom. The molecule has 0 unspecified atom stereocenters. The number of furan rings is 1. The average Bonchev–Trinajstić information content (AvgIpc) is 3.12. The molecule has 23 heavy (non-hydrogen) atoms. The second kappa shape index (κ2) is 6.60. The number of hydrogen-bond donors (Lipinski definition) is 0. The molecule has 1 saturated heterocycles. The molecule has 1 aliphatic rings. The zero-order valence-corrected chi connectivity index (χ0v) is 14.4. The Balaban J connectivity index is 1.90. The summed E-state index contributed by atoms with van der Waals surface area (Å²) in [5.74, 6) is 1.98. The van der Waals surface area contributed by atoms with E-state index in [1.165, 1.54) is 11.8 Å². The first-order valence-corrected chi connectivity index (χ1v) is 8.35. The lowest BCUT2D eigenvalue weighted by Gasteiger charge is -2.09. The van der Waals surface area contributed by atoms with Crippen LogP contribution in [-0.2, 0) is 4.79 Å². The van der Waals surface area contributed by atoms with Gasteiger partial charge in [0.2, 0.25) is 0 Å². The number of likely N-dealkylation sites (N-methyl/N-ethyl adjacent to an activating group) is 1. The van der Waals surface area contributed by atoms with Gasteiger partial charge in [0.1, 0.15) is 21.6 Å². The van der Waals surface area contributed by atoms with Gasteiger partial charge in [-0.15, -0.1) is 0 Å². The van der Waals surface area contributed by atoms with Crippen LogP contribution in [-0.4, -0.2) is 28.8 Å². The van der Waals surface area contributed by atoms with Crippen LogP contribution in [0, 0.1) is 0 Å². The summed E-state index contributed by atoms with van der Waals surface area (Å²) in [6.07, 6.45) is 1.73. The van der Waals surface area contributed by atoms with Crippen LogP contribution in [0.25, 0.3) is 17.4 Å². The molecular weight excluding hydrogens is 330 g/mol. The lowest BCUT2D eigenvalue weighted by molar-refractivity contribution is -0.121. The molecule has 2 aromatic rings. The molecule has 0 aliphatic carbocycles. The van der Waals surface area contributed by atoms with E-state index in [9.17, 15) is 4.79 Å². The molecule has 4 nitrogen and oxygen atoms in total. The third-order valence-electron chi connectivity index (χ3n) is 3.46. The maximum atomic E-state index is 12.2. The molecule has 3 rings (SSSR count). The van der Waals surface area contributed by atoms with Crippen molar-refractivity contribution in [2.45, 2.75) is 6.92 Å². The van der Waals surface area contributed by atoms with E-state index in [1.807, 2.05) is 43.3 Å². The second-order valence-electron chi connectivity index (χ2n) is 4.83. The molecule has 0 bridgehead atoms. The number of benzene rings is 1. The minimum Gasteiger partial charge on any atom is -0.496 e. The highest BCUT2D eigenvalue weighted by molar-refractivity contribution is 8.26. The number of methoxy groups -OCH3 is 1. The molecule has 1 aromatic carbocycles. The van der Waals surface area contributed by atoms with Gasteiger partial charge in [-0.25, -0.2) is 0 Å². The number of thioether (sulfide) groups is 1. The van der Waals surface area contributed by atoms with Crippen molar-refractivity contribution >= 4 is 40.3 Å². The summed E-state index contributed by atoms with van der Waals surface area (Å²) in [6.45, 7) is 2.48. The number of para-hydroxylation sites is 1. The van der Waals surface area contributed by atoms with E-state index < -0.39 is 0 Å². The van der Waals surface area contributed by atoms with Crippen LogP contribution in [0.1, 0.15) is 12.7 Å². The largest absolute Gasteiger partial charge is 0.496 e. The number of ether oxygens (including phenoxy) is 1. The van der Waals surface area contributed by atoms with Crippen molar-refractivity contribution in [3.05, 3.63) is 47.1 Å². The lowest BCUT2D eigenvalue weighted by atomic mass is 10.1. The standard InChI is InChI=1S/C17H15NO3S2/c1-3-18-16(19)15(23-17(18)22)10-11-8-9-14(21-11)12-6-4-5-7-13(12)20-2/h4-10H,3H2,1-2H3. The Labute approximate surface area is 144 Å². The SMILES string of the molecule is CCN1C(=O)C(=Cc2ccc(-c3ccccc3OC)o2)SC1=S. The highest BCUT2D eigenvalue weighted by atomic mass is 32.2. The first-order valence-electron chi connectivity index (χ1n) is 7.12. The van der Waals surface area contributed by atoms with Gasteiger partial charge in [-0.1, -0.05) is 36.1 Å². The maximum Gasteiger partial charge on any atom is 0.266 e. The summed E-state index contributed by atoms with van der Waals surface area (Å²) >= 11 is 6.50. The van der Waals surface area contributed by atoms with E-state index in [2.05, 4.69) is 0 Å². The molecule has 1 aliphatic heterocycles. The van der Waals surface area contributed by atoms with Crippen molar-refractivity contribution in [2.24, 2.45) is 0 Å². The Kier molecular flexibility index (Phi) is 4.54. The summed E-state index contributed by atoms with van der Waals surface area (Å²) in [6, 6.07) is 11.3. The van der Waals surface area contributed by atoms with Crippen molar-refractivity contribution in [2.75, 3.05) is 13.7 Å². The van der Waals surface area contributed by atoms with E-state index in [4.69, 9.17) is 21.4 Å². The third kappa shape index (κ3) is 3.04. The maximum absolute atomic E-state index is 12.2. The number of thiocarbonyl (C=S) groups is 1. The predicted octanol–water partition coefficient (Wildman–Crippen LogP) is 4.18. The van der Waals surface area contributed by atoms with Crippen molar-refractivity contribution in [1.82, 2.24) is 4.90 Å². The molecule has 6 heteroatoms. The first kappa shape index (κ1) is 15.8. The molecule has 2 heterocycles. The smallest absolute Gasteiger partial charge is 0.266 e. The molecule has 0 radical (unpaired) electrons. The number of amides is 1. The minimum atomic E-state index is -0.0715. The van der Waals surface area contributed by atoms with Gasteiger partial charge in [0, 0.05) is 12.6 Å². The Bertz CT molecular complexity index is 795. The van der Waals surface area contributed by atoms with Crippen LogP contribution in [0.3, 0.4) is 0 Å². The van der Waals surface area contributed by atoms with Gasteiger partial charge in [0.25, 0.3) is 5.91 Å². The van der Waals surface area contributed by atoms with Gasteiger partial charge >= 0.3 is 0 Å². The second-order valence-corrected chi connectivity index (χ2v) is 6.50. The summed E-state index contributed by atoms with van der Waals surface area (Å²) in [5.41, 5.74) is 0.871. The highest BCUT2D eigenvalue weighted by Gasteiger charge is 2.30. The van der Waals surface area contributed by atoms with Crippen molar-refractivity contribution in [3.8, 4) is 17.1 Å². The zero-order valence-electron chi connectivity index (χ0n) is 12.7. The number of carbonyl (C=O) groups excluding carboxylic acids is 1. The van der Waals surface area contributed by atoms with Gasteiger partial charge in [0.05, 0.1) is 17.6 Å². The molecule has 1 aromatic heterocycles. The van der Waals surface area contributed by atoms with E-state index in [0.29, 0.717) is 27.3 Å². The number of rotatable bonds is 4. The van der Waals surface area contributed by atoms with Crippen LogP contribution in [0.5, 0.6) is 5.75 Å². The Hall–Kier alpha value is -2.05. The van der Waals surface area contributed by atoms with Gasteiger partial charge in [-0.05, 0) is 31.2 Å².